The molecule has 1 heterocycles. The molecule has 23 heavy (non-hydrogen) atoms. The normalized spacial score (nSPS) is 11.3. The quantitative estimate of drug-likeness (QED) is 0.847. The van der Waals surface area contributed by atoms with Gasteiger partial charge in [-0.1, -0.05) is 0 Å². The van der Waals surface area contributed by atoms with Crippen LogP contribution in [0.4, 0.5) is 19.0 Å². The van der Waals surface area contributed by atoms with E-state index in [1.54, 1.807) is 14.0 Å². The summed E-state index contributed by atoms with van der Waals surface area (Å²) in [6, 6.07) is 3.81. The third kappa shape index (κ3) is 4.04. The summed E-state index contributed by atoms with van der Waals surface area (Å²) in [4.78, 5) is 8.71. The van der Waals surface area contributed by atoms with Crippen molar-refractivity contribution in [2.45, 2.75) is 13.3 Å². The fourth-order valence-electron chi connectivity index (χ4n) is 1.97. The van der Waals surface area contributed by atoms with Gasteiger partial charge in [-0.3, -0.25) is 0 Å². The smallest absolute Gasteiger partial charge is 0.496 e. The summed E-state index contributed by atoms with van der Waals surface area (Å²) in [6.07, 6.45) is -4.76. The van der Waals surface area contributed by atoms with Gasteiger partial charge in [0.05, 0.1) is 18.5 Å². The second-order valence-corrected chi connectivity index (χ2v) is 5.21. The van der Waals surface area contributed by atoms with Crippen LogP contribution in [0.5, 0.6) is 11.5 Å². The number of halogens is 4. The minimum Gasteiger partial charge on any atom is -0.496 e. The van der Waals surface area contributed by atoms with Gasteiger partial charge >= 0.3 is 6.36 Å². The van der Waals surface area contributed by atoms with E-state index in [1.807, 2.05) is 0 Å². The van der Waals surface area contributed by atoms with Crippen molar-refractivity contribution < 1.29 is 22.6 Å². The first-order valence-electron chi connectivity index (χ1n) is 6.41. The zero-order valence-corrected chi connectivity index (χ0v) is 14.0. The Morgan fingerprint density at radius 1 is 1.22 bits per heavy atom. The van der Waals surface area contributed by atoms with Gasteiger partial charge in [0.2, 0.25) is 0 Å². The Hall–Kier alpha value is -2.03. The summed E-state index contributed by atoms with van der Waals surface area (Å²) < 4.78 is 46.5. The Labute approximate surface area is 139 Å². The predicted molar refractivity (Wildman–Crippen MR) is 82.7 cm³/mol. The Morgan fingerprint density at radius 2 is 1.91 bits per heavy atom. The fraction of sp³-hybridized carbons (Fsp3) is 0.286. The number of ether oxygens (including phenoxy) is 2. The minimum atomic E-state index is -4.76. The van der Waals surface area contributed by atoms with E-state index in [0.717, 1.165) is 6.07 Å². The number of aromatic nitrogens is 2. The minimum absolute atomic E-state index is 0.202. The monoisotopic (exact) mass is 391 g/mol. The van der Waals surface area contributed by atoms with E-state index < -0.39 is 6.36 Å². The molecule has 2 rings (SSSR count). The molecule has 0 atom stereocenters. The molecule has 0 saturated heterocycles. The van der Waals surface area contributed by atoms with Gasteiger partial charge in [-0.15, -0.1) is 13.2 Å². The maximum Gasteiger partial charge on any atom is 0.573 e. The number of benzene rings is 1. The topological polar surface area (TPSA) is 56.3 Å². The number of nitrogens with one attached hydrogen (secondary N) is 1. The lowest BCUT2D eigenvalue weighted by Gasteiger charge is -2.14. The van der Waals surface area contributed by atoms with Crippen LogP contribution in [-0.4, -0.2) is 30.5 Å². The summed E-state index contributed by atoms with van der Waals surface area (Å²) in [7, 11) is 3.04. The average molecular weight is 392 g/mol. The van der Waals surface area contributed by atoms with Gasteiger partial charge in [-0.25, -0.2) is 9.97 Å². The molecule has 1 aromatic heterocycles. The van der Waals surface area contributed by atoms with Crippen LogP contribution in [0, 0.1) is 6.92 Å². The van der Waals surface area contributed by atoms with Crippen molar-refractivity contribution in [2.75, 3.05) is 19.5 Å². The molecule has 2 aromatic rings. The van der Waals surface area contributed by atoms with Crippen molar-refractivity contribution in [3.63, 3.8) is 0 Å². The second kappa shape index (κ2) is 6.61. The maximum absolute atomic E-state index is 12.3. The number of alkyl halides is 3. The highest BCUT2D eigenvalue weighted by molar-refractivity contribution is 9.10. The van der Waals surface area contributed by atoms with Crippen LogP contribution in [0.3, 0.4) is 0 Å². The Balaban J connectivity index is 2.52. The van der Waals surface area contributed by atoms with Crippen molar-refractivity contribution >= 4 is 21.7 Å². The molecule has 0 aliphatic rings. The third-order valence-corrected chi connectivity index (χ3v) is 3.48. The van der Waals surface area contributed by atoms with Gasteiger partial charge < -0.3 is 14.8 Å². The maximum atomic E-state index is 12.3. The molecule has 0 unspecified atom stereocenters. The number of hydrogen-bond acceptors (Lipinski definition) is 5. The molecular weight excluding hydrogens is 379 g/mol. The molecule has 1 N–H and O–H groups in total. The zero-order chi connectivity index (χ0) is 17.2. The Kier molecular flexibility index (Phi) is 4.98. The van der Waals surface area contributed by atoms with Gasteiger partial charge in [-0.05, 0) is 35.0 Å². The number of nitrogens with zero attached hydrogens (tertiary/aromatic N) is 2. The van der Waals surface area contributed by atoms with E-state index in [0.29, 0.717) is 27.4 Å². The van der Waals surface area contributed by atoms with E-state index in [-0.39, 0.29) is 11.5 Å². The van der Waals surface area contributed by atoms with Gasteiger partial charge in [0, 0.05) is 18.7 Å². The fourth-order valence-corrected chi connectivity index (χ4v) is 2.52. The van der Waals surface area contributed by atoms with E-state index >= 15 is 0 Å². The lowest BCUT2D eigenvalue weighted by molar-refractivity contribution is -0.274. The predicted octanol–water partition coefficient (Wildman–Crippen LogP) is 4.16. The molecule has 9 heteroatoms. The van der Waals surface area contributed by atoms with Gasteiger partial charge in [-0.2, -0.15) is 0 Å². The number of methoxy groups -OCH3 is 1. The molecule has 0 fully saturated rings. The van der Waals surface area contributed by atoms with E-state index in [4.69, 9.17) is 4.74 Å². The molecule has 0 spiro atoms. The zero-order valence-electron chi connectivity index (χ0n) is 12.5. The Bertz CT molecular complexity index is 723. The number of rotatable bonds is 4. The van der Waals surface area contributed by atoms with Crippen LogP contribution in [0.1, 0.15) is 5.69 Å². The lowest BCUT2D eigenvalue weighted by Crippen LogP contribution is -2.17. The number of aryl methyl sites for hydroxylation is 1. The van der Waals surface area contributed by atoms with Gasteiger partial charge in [0.25, 0.3) is 0 Å². The highest BCUT2D eigenvalue weighted by Gasteiger charge is 2.31. The second-order valence-electron chi connectivity index (χ2n) is 4.46. The molecule has 5 nitrogen and oxygen atoms in total. The van der Waals surface area contributed by atoms with E-state index in [9.17, 15) is 13.2 Å². The SMILES string of the molecule is CNc1nc(-c2ccc(OC(F)(F)F)cc2OC)c(C)nc1Br. The first kappa shape index (κ1) is 17.3. The molecule has 0 bridgehead atoms. The Morgan fingerprint density at radius 3 is 2.48 bits per heavy atom. The molecule has 124 valence electrons. The first-order chi connectivity index (χ1) is 10.7. The third-order valence-electron chi connectivity index (χ3n) is 2.93. The van der Waals surface area contributed by atoms with Crippen LogP contribution in [0.25, 0.3) is 11.3 Å². The van der Waals surface area contributed by atoms with Crippen LogP contribution in [0.2, 0.25) is 0 Å². The molecule has 0 saturated carbocycles. The molecule has 0 aliphatic carbocycles. The van der Waals surface area contributed by atoms with Gasteiger partial charge in [0.15, 0.2) is 5.82 Å². The summed E-state index contributed by atoms with van der Waals surface area (Å²) in [5, 5.41) is 2.88. The summed E-state index contributed by atoms with van der Waals surface area (Å²) >= 11 is 3.28. The highest BCUT2D eigenvalue weighted by atomic mass is 79.9. The van der Waals surface area contributed by atoms with Crippen molar-refractivity contribution in [1.82, 2.24) is 9.97 Å². The summed E-state index contributed by atoms with van der Waals surface area (Å²) in [5.41, 5.74) is 1.60. The molecular formula is C14H13BrF3N3O2. The lowest BCUT2D eigenvalue weighted by atomic mass is 10.1. The van der Waals surface area contributed by atoms with E-state index in [1.165, 1.54) is 19.2 Å². The largest absolute Gasteiger partial charge is 0.573 e. The number of anilines is 1. The van der Waals surface area contributed by atoms with Crippen molar-refractivity contribution in [2.24, 2.45) is 0 Å². The van der Waals surface area contributed by atoms with Crippen molar-refractivity contribution in [3.8, 4) is 22.8 Å². The molecule has 1 aromatic carbocycles. The number of hydrogen-bond donors (Lipinski definition) is 1. The van der Waals surface area contributed by atoms with E-state index in [2.05, 4.69) is 36.0 Å². The van der Waals surface area contributed by atoms with Gasteiger partial charge in [0.1, 0.15) is 16.1 Å². The van der Waals surface area contributed by atoms with Crippen molar-refractivity contribution in [1.29, 1.82) is 0 Å². The van der Waals surface area contributed by atoms with Crippen LogP contribution in [-0.2, 0) is 0 Å². The average Bonchev–Trinajstić information content (AvgIpc) is 2.46. The van der Waals surface area contributed by atoms with Crippen LogP contribution >= 0.6 is 15.9 Å². The summed E-state index contributed by atoms with van der Waals surface area (Å²) in [6.45, 7) is 1.74. The molecule has 0 aliphatic heterocycles. The highest BCUT2D eigenvalue weighted by Crippen LogP contribution is 2.36. The first-order valence-corrected chi connectivity index (χ1v) is 7.20. The standard InChI is InChI=1S/C14H13BrF3N3O2/c1-7-11(21-13(19-2)12(15)20-7)9-5-4-8(6-10(9)22-3)23-14(16,17)18/h4-6H,1-3H3,(H,19,21). The molecule has 0 amide bonds. The van der Waals surface area contributed by atoms with Crippen molar-refractivity contribution in [3.05, 3.63) is 28.5 Å². The molecule has 0 radical (unpaired) electrons. The van der Waals surface area contributed by atoms with Crippen LogP contribution < -0.4 is 14.8 Å². The van der Waals surface area contributed by atoms with Crippen LogP contribution in [0.15, 0.2) is 22.8 Å². The summed E-state index contributed by atoms with van der Waals surface area (Å²) in [5.74, 6) is 0.339.